The number of hydrogen-bond acceptors (Lipinski definition) is 3. The molecular formula is C7H9N3O2. The van der Waals surface area contributed by atoms with Gasteiger partial charge in [-0.25, -0.2) is 0 Å². The first kappa shape index (κ1) is 7.27. The van der Waals surface area contributed by atoms with Crippen molar-refractivity contribution in [3.8, 4) is 0 Å². The summed E-state index contributed by atoms with van der Waals surface area (Å²) < 4.78 is 1.63. The summed E-state index contributed by atoms with van der Waals surface area (Å²) >= 11 is 0. The third-order valence-corrected chi connectivity index (χ3v) is 2.24. The van der Waals surface area contributed by atoms with Crippen molar-refractivity contribution >= 4 is 5.97 Å². The quantitative estimate of drug-likeness (QED) is 0.673. The maximum Gasteiger partial charge on any atom is 0.307 e. The molecule has 1 aliphatic rings. The summed E-state index contributed by atoms with van der Waals surface area (Å²) in [5, 5.41) is 16.1. The van der Waals surface area contributed by atoms with Crippen LogP contribution in [-0.4, -0.2) is 26.1 Å². The van der Waals surface area contributed by atoms with Crippen molar-refractivity contribution in [2.45, 2.75) is 12.3 Å². The van der Waals surface area contributed by atoms with Crippen LogP contribution in [0.3, 0.4) is 0 Å². The molecule has 0 amide bonds. The van der Waals surface area contributed by atoms with Crippen molar-refractivity contribution in [1.29, 1.82) is 0 Å². The van der Waals surface area contributed by atoms with Gasteiger partial charge in [-0.1, -0.05) is 5.21 Å². The maximum atomic E-state index is 10.5. The van der Waals surface area contributed by atoms with Crippen molar-refractivity contribution < 1.29 is 9.90 Å². The van der Waals surface area contributed by atoms with Crippen LogP contribution >= 0.6 is 0 Å². The van der Waals surface area contributed by atoms with Crippen LogP contribution < -0.4 is 0 Å². The zero-order valence-corrected chi connectivity index (χ0v) is 6.64. The van der Waals surface area contributed by atoms with E-state index < -0.39 is 5.97 Å². The van der Waals surface area contributed by atoms with Crippen LogP contribution in [0.5, 0.6) is 0 Å². The summed E-state index contributed by atoms with van der Waals surface area (Å²) in [6.45, 7) is 0. The number of aromatic nitrogens is 3. The van der Waals surface area contributed by atoms with E-state index in [0.29, 0.717) is 0 Å². The first-order valence-electron chi connectivity index (χ1n) is 3.77. The number of rotatable bonds is 2. The molecule has 1 aliphatic carbocycles. The Morgan fingerprint density at radius 2 is 2.58 bits per heavy atom. The Morgan fingerprint density at radius 1 is 1.83 bits per heavy atom. The summed E-state index contributed by atoms with van der Waals surface area (Å²) in [5.74, 6) is -0.814. The Labute approximate surface area is 69.0 Å². The van der Waals surface area contributed by atoms with Gasteiger partial charge >= 0.3 is 5.97 Å². The molecule has 0 unspecified atom stereocenters. The van der Waals surface area contributed by atoms with Gasteiger partial charge < -0.3 is 5.11 Å². The Kier molecular flexibility index (Phi) is 1.39. The lowest BCUT2D eigenvalue weighted by atomic mass is 10.2. The SMILES string of the molecule is Cn1nncc1[C@@H]1C[C@H]1C(=O)O. The first-order valence-corrected chi connectivity index (χ1v) is 3.77. The van der Waals surface area contributed by atoms with Gasteiger partial charge in [0.25, 0.3) is 0 Å². The van der Waals surface area contributed by atoms with E-state index in [4.69, 9.17) is 5.11 Å². The number of carbonyl (C=O) groups is 1. The molecule has 1 N–H and O–H groups in total. The van der Waals surface area contributed by atoms with E-state index in [2.05, 4.69) is 10.3 Å². The summed E-state index contributed by atoms with van der Waals surface area (Å²) in [6, 6.07) is 0. The highest BCUT2D eigenvalue weighted by Gasteiger charge is 2.45. The molecule has 5 heteroatoms. The normalized spacial score (nSPS) is 27.1. The lowest BCUT2D eigenvalue weighted by Crippen LogP contribution is -2.02. The number of carboxylic acid groups (broad SMARTS) is 1. The van der Waals surface area contributed by atoms with E-state index in [1.54, 1.807) is 17.9 Å². The molecule has 1 fully saturated rings. The molecule has 12 heavy (non-hydrogen) atoms. The zero-order chi connectivity index (χ0) is 8.72. The Morgan fingerprint density at radius 3 is 3.00 bits per heavy atom. The highest BCUT2D eigenvalue weighted by molar-refractivity contribution is 5.74. The summed E-state index contributed by atoms with van der Waals surface area (Å²) in [7, 11) is 1.78. The molecular weight excluding hydrogens is 158 g/mol. The van der Waals surface area contributed by atoms with Gasteiger partial charge in [0.2, 0.25) is 0 Å². The molecule has 5 nitrogen and oxygen atoms in total. The molecule has 0 aromatic carbocycles. The number of hydrogen-bond donors (Lipinski definition) is 1. The zero-order valence-electron chi connectivity index (χ0n) is 6.64. The van der Waals surface area contributed by atoms with Crippen LogP contribution in [0.2, 0.25) is 0 Å². The van der Waals surface area contributed by atoms with Crippen molar-refractivity contribution in [3.05, 3.63) is 11.9 Å². The number of carboxylic acids is 1. The third-order valence-electron chi connectivity index (χ3n) is 2.24. The molecule has 1 heterocycles. The lowest BCUT2D eigenvalue weighted by molar-refractivity contribution is -0.138. The second-order valence-electron chi connectivity index (χ2n) is 3.07. The Hall–Kier alpha value is -1.39. The topological polar surface area (TPSA) is 68.0 Å². The summed E-state index contributed by atoms with van der Waals surface area (Å²) in [4.78, 5) is 10.5. The average Bonchev–Trinajstić information content (AvgIpc) is 2.70. The molecule has 1 aromatic rings. The largest absolute Gasteiger partial charge is 0.481 e. The van der Waals surface area contributed by atoms with Crippen LogP contribution in [0.15, 0.2) is 6.20 Å². The van der Waals surface area contributed by atoms with Crippen LogP contribution in [0, 0.1) is 5.92 Å². The van der Waals surface area contributed by atoms with Gasteiger partial charge in [-0.2, -0.15) is 0 Å². The molecule has 0 radical (unpaired) electrons. The Bertz CT molecular complexity index is 320. The van der Waals surface area contributed by atoms with Gasteiger partial charge in [0.15, 0.2) is 0 Å². The van der Waals surface area contributed by atoms with Crippen molar-refractivity contribution in [2.75, 3.05) is 0 Å². The fraction of sp³-hybridized carbons (Fsp3) is 0.571. The molecule has 0 saturated heterocycles. The summed E-state index contributed by atoms with van der Waals surface area (Å²) in [6.07, 6.45) is 2.35. The minimum Gasteiger partial charge on any atom is -0.481 e. The van der Waals surface area contributed by atoms with Crippen LogP contribution in [0.4, 0.5) is 0 Å². The number of aliphatic carboxylic acids is 1. The van der Waals surface area contributed by atoms with Gasteiger partial charge in [0, 0.05) is 13.0 Å². The molecule has 2 rings (SSSR count). The summed E-state index contributed by atoms with van der Waals surface area (Å²) in [5.41, 5.74) is 0.919. The van der Waals surface area contributed by atoms with Gasteiger partial charge in [-0.05, 0) is 6.42 Å². The van der Waals surface area contributed by atoms with Gasteiger partial charge in [0.05, 0.1) is 17.8 Å². The highest BCUT2D eigenvalue weighted by atomic mass is 16.4. The molecule has 0 spiro atoms. The van der Waals surface area contributed by atoms with Crippen molar-refractivity contribution in [3.63, 3.8) is 0 Å². The van der Waals surface area contributed by atoms with E-state index in [1.165, 1.54) is 0 Å². The van der Waals surface area contributed by atoms with Gasteiger partial charge in [-0.15, -0.1) is 5.10 Å². The van der Waals surface area contributed by atoms with Crippen LogP contribution in [0.25, 0.3) is 0 Å². The van der Waals surface area contributed by atoms with Gasteiger partial charge in [0.1, 0.15) is 0 Å². The first-order chi connectivity index (χ1) is 5.70. The molecule has 1 saturated carbocycles. The Balaban J connectivity index is 2.15. The fourth-order valence-corrected chi connectivity index (χ4v) is 1.43. The molecule has 64 valence electrons. The van der Waals surface area contributed by atoms with E-state index in [9.17, 15) is 4.79 Å². The van der Waals surface area contributed by atoms with E-state index in [0.717, 1.165) is 12.1 Å². The predicted molar refractivity (Wildman–Crippen MR) is 39.5 cm³/mol. The monoisotopic (exact) mass is 167 g/mol. The van der Waals surface area contributed by atoms with Crippen LogP contribution in [-0.2, 0) is 11.8 Å². The minimum absolute atomic E-state index is 0.127. The second-order valence-corrected chi connectivity index (χ2v) is 3.07. The smallest absolute Gasteiger partial charge is 0.307 e. The lowest BCUT2D eigenvalue weighted by Gasteiger charge is -1.95. The van der Waals surface area contributed by atoms with E-state index >= 15 is 0 Å². The minimum atomic E-state index is -0.721. The maximum absolute atomic E-state index is 10.5. The molecule has 1 aromatic heterocycles. The van der Waals surface area contributed by atoms with Crippen molar-refractivity contribution in [2.24, 2.45) is 13.0 Å². The number of aryl methyl sites for hydroxylation is 1. The second kappa shape index (κ2) is 2.30. The molecule has 0 aliphatic heterocycles. The standard InChI is InChI=1S/C7H9N3O2/c1-10-6(3-8-9-10)4-2-5(4)7(11)12/h3-5H,2H2,1H3,(H,11,12)/t4-,5-/m1/s1. The predicted octanol–water partition coefficient (Wildman–Crippen LogP) is 0.00320. The third kappa shape index (κ3) is 0.975. The average molecular weight is 167 g/mol. The van der Waals surface area contributed by atoms with Gasteiger partial charge in [-0.3, -0.25) is 9.48 Å². The van der Waals surface area contributed by atoms with E-state index in [-0.39, 0.29) is 11.8 Å². The van der Waals surface area contributed by atoms with Crippen LogP contribution in [0.1, 0.15) is 18.0 Å². The molecule has 0 bridgehead atoms. The number of nitrogens with zero attached hydrogens (tertiary/aromatic N) is 3. The fourth-order valence-electron chi connectivity index (χ4n) is 1.43. The van der Waals surface area contributed by atoms with E-state index in [1.807, 2.05) is 0 Å². The van der Waals surface area contributed by atoms with Crippen molar-refractivity contribution in [1.82, 2.24) is 15.0 Å². The molecule has 2 atom stereocenters. The highest BCUT2D eigenvalue weighted by Crippen LogP contribution is 2.46.